The predicted octanol–water partition coefficient (Wildman–Crippen LogP) is 4.83. The number of aryl methyl sites for hydroxylation is 1. The van der Waals surface area contributed by atoms with Crippen LogP contribution in [-0.2, 0) is 5.41 Å². The van der Waals surface area contributed by atoms with Crippen molar-refractivity contribution >= 4 is 11.3 Å². The lowest BCUT2D eigenvalue weighted by atomic mass is 9.84. The van der Waals surface area contributed by atoms with E-state index in [4.69, 9.17) is 0 Å². The molecule has 1 aromatic carbocycles. The molecule has 20 heavy (non-hydrogen) atoms. The molecule has 0 radical (unpaired) electrons. The molecule has 1 heterocycles. The molecule has 0 bridgehead atoms. The van der Waals surface area contributed by atoms with Gasteiger partial charge in [-0.25, -0.2) is 0 Å². The topological polar surface area (TPSA) is 12.0 Å². The van der Waals surface area contributed by atoms with Crippen molar-refractivity contribution in [3.63, 3.8) is 0 Å². The second-order valence-electron chi connectivity index (χ2n) is 5.90. The van der Waals surface area contributed by atoms with Crippen LogP contribution in [0.15, 0.2) is 41.8 Å². The van der Waals surface area contributed by atoms with Crippen LogP contribution in [0.4, 0.5) is 0 Å². The molecule has 1 aliphatic rings. The molecule has 0 saturated heterocycles. The van der Waals surface area contributed by atoms with E-state index in [2.05, 4.69) is 60.9 Å². The summed E-state index contributed by atoms with van der Waals surface area (Å²) in [5, 5.41) is 6.15. The monoisotopic (exact) mass is 285 g/mol. The minimum atomic E-state index is 0.323. The summed E-state index contributed by atoms with van der Waals surface area (Å²) in [5.74, 6) is 0. The normalized spacial score (nSPS) is 17.9. The van der Waals surface area contributed by atoms with Crippen LogP contribution in [-0.4, -0.2) is 6.54 Å². The summed E-state index contributed by atoms with van der Waals surface area (Å²) in [6.45, 7) is 5.53. The first-order chi connectivity index (χ1) is 9.76. The molecule has 0 aliphatic heterocycles. The van der Waals surface area contributed by atoms with E-state index in [0.29, 0.717) is 11.5 Å². The van der Waals surface area contributed by atoms with Crippen molar-refractivity contribution in [2.75, 3.05) is 6.54 Å². The summed E-state index contributed by atoms with van der Waals surface area (Å²) in [5.41, 5.74) is 3.30. The first-order valence-electron chi connectivity index (χ1n) is 7.60. The zero-order valence-corrected chi connectivity index (χ0v) is 13.2. The van der Waals surface area contributed by atoms with E-state index in [-0.39, 0.29) is 0 Å². The lowest BCUT2D eigenvalue weighted by molar-refractivity contribution is 0.430. The number of rotatable bonds is 6. The highest BCUT2D eigenvalue weighted by Crippen LogP contribution is 2.56. The summed E-state index contributed by atoms with van der Waals surface area (Å²) < 4.78 is 0. The van der Waals surface area contributed by atoms with Gasteiger partial charge in [0, 0.05) is 16.3 Å². The Bertz CT molecular complexity index is 554. The van der Waals surface area contributed by atoms with Gasteiger partial charge >= 0.3 is 0 Å². The second kappa shape index (κ2) is 5.71. The molecule has 1 saturated carbocycles. The fourth-order valence-corrected chi connectivity index (χ4v) is 3.92. The summed E-state index contributed by atoms with van der Waals surface area (Å²) >= 11 is 1.87. The zero-order chi connectivity index (χ0) is 14.0. The van der Waals surface area contributed by atoms with Gasteiger partial charge in [0.15, 0.2) is 0 Å². The smallest absolute Gasteiger partial charge is 0.0426 e. The fraction of sp³-hybridized carbons (Fsp3) is 0.444. The van der Waals surface area contributed by atoms with Crippen molar-refractivity contribution in [3.8, 4) is 0 Å². The van der Waals surface area contributed by atoms with Crippen LogP contribution in [0.25, 0.3) is 0 Å². The lowest BCUT2D eigenvalue weighted by Gasteiger charge is -2.28. The van der Waals surface area contributed by atoms with Crippen molar-refractivity contribution in [1.82, 2.24) is 5.32 Å². The van der Waals surface area contributed by atoms with E-state index in [1.54, 1.807) is 0 Å². The van der Waals surface area contributed by atoms with Crippen molar-refractivity contribution in [1.29, 1.82) is 0 Å². The van der Waals surface area contributed by atoms with Gasteiger partial charge in [0.25, 0.3) is 0 Å². The summed E-state index contributed by atoms with van der Waals surface area (Å²) in [4.78, 5) is 1.41. The maximum absolute atomic E-state index is 3.81. The quantitative estimate of drug-likeness (QED) is 0.801. The fourth-order valence-electron chi connectivity index (χ4n) is 3.18. The molecular weight excluding hydrogens is 262 g/mol. The van der Waals surface area contributed by atoms with Gasteiger partial charge in [0.05, 0.1) is 0 Å². The van der Waals surface area contributed by atoms with Crippen LogP contribution in [0, 0.1) is 6.92 Å². The number of hydrogen-bond donors (Lipinski definition) is 1. The Morgan fingerprint density at radius 3 is 2.55 bits per heavy atom. The summed E-state index contributed by atoms with van der Waals surface area (Å²) in [7, 11) is 0. The van der Waals surface area contributed by atoms with Crippen LogP contribution in [0.1, 0.15) is 48.2 Å². The molecule has 0 amide bonds. The maximum Gasteiger partial charge on any atom is 0.0426 e. The molecule has 1 unspecified atom stereocenters. The average molecular weight is 285 g/mol. The van der Waals surface area contributed by atoms with E-state index >= 15 is 0 Å². The number of benzene rings is 1. The molecule has 2 aromatic rings. The Morgan fingerprint density at radius 1 is 1.25 bits per heavy atom. The lowest BCUT2D eigenvalue weighted by Crippen LogP contribution is -2.32. The van der Waals surface area contributed by atoms with Crippen molar-refractivity contribution in [2.45, 2.75) is 44.6 Å². The van der Waals surface area contributed by atoms with Gasteiger partial charge in [0.2, 0.25) is 0 Å². The third-order valence-corrected chi connectivity index (χ3v) is 5.25. The highest BCUT2D eigenvalue weighted by molar-refractivity contribution is 7.10. The molecule has 2 heteroatoms. The molecular formula is C18H23NS. The molecule has 1 atom stereocenters. The van der Waals surface area contributed by atoms with Crippen LogP contribution < -0.4 is 5.32 Å². The van der Waals surface area contributed by atoms with E-state index < -0.39 is 0 Å². The Labute approximate surface area is 126 Å². The van der Waals surface area contributed by atoms with E-state index in [0.717, 1.165) is 6.54 Å². The van der Waals surface area contributed by atoms with Gasteiger partial charge < -0.3 is 5.32 Å². The van der Waals surface area contributed by atoms with Crippen LogP contribution in [0.5, 0.6) is 0 Å². The van der Waals surface area contributed by atoms with Crippen molar-refractivity contribution in [3.05, 3.63) is 57.8 Å². The van der Waals surface area contributed by atoms with Crippen LogP contribution in [0.2, 0.25) is 0 Å². The van der Waals surface area contributed by atoms with Gasteiger partial charge in [-0.3, -0.25) is 0 Å². The number of hydrogen-bond acceptors (Lipinski definition) is 2. The molecule has 1 aromatic heterocycles. The van der Waals surface area contributed by atoms with E-state index in [1.165, 1.54) is 35.3 Å². The Morgan fingerprint density at radius 2 is 2.00 bits per heavy atom. The first-order valence-corrected chi connectivity index (χ1v) is 8.48. The van der Waals surface area contributed by atoms with Gasteiger partial charge in [0.1, 0.15) is 0 Å². The van der Waals surface area contributed by atoms with Gasteiger partial charge in [-0.05, 0) is 55.3 Å². The zero-order valence-electron chi connectivity index (χ0n) is 12.4. The van der Waals surface area contributed by atoms with E-state index in [1.807, 2.05) is 11.3 Å². The highest BCUT2D eigenvalue weighted by atomic mass is 32.1. The Kier molecular flexibility index (Phi) is 3.95. The number of nitrogens with one attached hydrogen (secondary N) is 1. The Hall–Kier alpha value is -1.12. The second-order valence-corrected chi connectivity index (χ2v) is 7.02. The number of thiophene rings is 1. The molecule has 1 fully saturated rings. The molecule has 1 N–H and O–H groups in total. The van der Waals surface area contributed by atoms with Crippen LogP contribution >= 0.6 is 11.3 Å². The van der Waals surface area contributed by atoms with Crippen molar-refractivity contribution in [2.24, 2.45) is 0 Å². The SMILES string of the molecule is CCCNC(c1csc(C)c1)C1(c2ccccc2)CC1. The standard InChI is InChI=1S/C18H23NS/c1-3-11-19-17(15-12-14(2)20-13-15)18(9-10-18)16-7-5-4-6-8-16/h4-8,12-13,17,19H,3,9-11H2,1-2H3. The minimum Gasteiger partial charge on any atom is -0.309 e. The molecule has 1 aliphatic carbocycles. The molecule has 3 rings (SSSR count). The third-order valence-electron chi connectivity index (χ3n) is 4.37. The summed E-state index contributed by atoms with van der Waals surface area (Å²) in [6, 6.07) is 13.9. The highest BCUT2D eigenvalue weighted by Gasteiger charge is 2.51. The maximum atomic E-state index is 3.81. The minimum absolute atomic E-state index is 0.323. The summed E-state index contributed by atoms with van der Waals surface area (Å²) in [6.07, 6.45) is 3.78. The Balaban J connectivity index is 1.93. The van der Waals surface area contributed by atoms with E-state index in [9.17, 15) is 0 Å². The molecule has 1 nitrogen and oxygen atoms in total. The molecule has 0 spiro atoms. The third kappa shape index (κ3) is 2.55. The van der Waals surface area contributed by atoms with Gasteiger partial charge in [-0.2, -0.15) is 0 Å². The van der Waals surface area contributed by atoms with Gasteiger partial charge in [-0.15, -0.1) is 11.3 Å². The van der Waals surface area contributed by atoms with Crippen molar-refractivity contribution < 1.29 is 0 Å². The van der Waals surface area contributed by atoms with Gasteiger partial charge in [-0.1, -0.05) is 37.3 Å². The average Bonchev–Trinajstić information content (AvgIpc) is 3.17. The molecule has 106 valence electrons. The predicted molar refractivity (Wildman–Crippen MR) is 87.4 cm³/mol. The van der Waals surface area contributed by atoms with Crippen LogP contribution in [0.3, 0.4) is 0 Å². The first kappa shape index (κ1) is 13.8. The largest absolute Gasteiger partial charge is 0.309 e.